The minimum atomic E-state index is -1.89. The van der Waals surface area contributed by atoms with Crippen LogP contribution in [0.1, 0.15) is 50.5 Å². The van der Waals surface area contributed by atoms with Crippen LogP contribution in [0.4, 0.5) is 5.69 Å². The molecule has 132 valence electrons. The molecule has 0 spiro atoms. The fourth-order valence-corrected chi connectivity index (χ4v) is 3.96. The largest absolute Gasteiger partial charge is 0.294 e. The Labute approximate surface area is 162 Å². The zero-order chi connectivity index (χ0) is 17.7. The number of carbonyl (C=O) groups excluding carboxylic acids is 1. The third kappa shape index (κ3) is 5.32. The van der Waals surface area contributed by atoms with Crippen LogP contribution in [-0.4, -0.2) is 10.2 Å². The van der Waals surface area contributed by atoms with Crippen LogP contribution in [0.2, 0.25) is 10.0 Å². The lowest BCUT2D eigenvalue weighted by Crippen LogP contribution is -2.31. The van der Waals surface area contributed by atoms with E-state index >= 15 is 0 Å². The van der Waals surface area contributed by atoms with Crippen molar-refractivity contribution in [1.29, 1.82) is 0 Å². The number of hydrogen-bond acceptors (Lipinski definition) is 3. The summed E-state index contributed by atoms with van der Waals surface area (Å²) in [4.78, 5) is 12.7. The van der Waals surface area contributed by atoms with Crippen molar-refractivity contribution in [2.75, 3.05) is 0 Å². The molecule has 1 aliphatic rings. The highest BCUT2D eigenvalue weighted by molar-refractivity contribution is 6.58. The number of azo groups is 1. The van der Waals surface area contributed by atoms with Gasteiger partial charge in [-0.15, -0.1) is 5.11 Å². The molecule has 0 aliphatic heterocycles. The van der Waals surface area contributed by atoms with Crippen LogP contribution in [0.25, 0.3) is 0 Å². The SMILES string of the molecule is Cc1cc(Cl)cc(Cl)c1/N=N/C(Cl)(Cl)C(=O)C1CCCCCCC1. The second-order valence-electron chi connectivity index (χ2n) is 6.20. The third-order valence-electron chi connectivity index (χ3n) is 4.27. The van der Waals surface area contributed by atoms with E-state index in [1.54, 1.807) is 19.1 Å². The quantitative estimate of drug-likeness (QED) is 0.289. The van der Waals surface area contributed by atoms with Gasteiger partial charge in [0.25, 0.3) is 4.46 Å². The smallest absolute Gasteiger partial charge is 0.286 e. The summed E-state index contributed by atoms with van der Waals surface area (Å²) in [5.74, 6) is -0.444. The number of ketones is 1. The van der Waals surface area contributed by atoms with E-state index in [9.17, 15) is 4.79 Å². The van der Waals surface area contributed by atoms with E-state index in [1.165, 1.54) is 6.42 Å². The molecule has 3 nitrogen and oxygen atoms in total. The van der Waals surface area contributed by atoms with Crippen LogP contribution < -0.4 is 0 Å². The molecule has 2 rings (SSSR count). The summed E-state index contributed by atoms with van der Waals surface area (Å²) in [6.45, 7) is 1.80. The molecular formula is C17H20Cl4N2O. The molecule has 0 bridgehead atoms. The number of alkyl halides is 2. The first-order chi connectivity index (χ1) is 11.3. The van der Waals surface area contributed by atoms with Gasteiger partial charge in [0, 0.05) is 10.9 Å². The van der Waals surface area contributed by atoms with E-state index in [1.807, 2.05) is 0 Å². The molecule has 0 radical (unpaired) electrons. The Morgan fingerprint density at radius 2 is 1.67 bits per heavy atom. The molecule has 0 heterocycles. The molecule has 1 saturated carbocycles. The van der Waals surface area contributed by atoms with E-state index in [2.05, 4.69) is 10.2 Å². The summed E-state index contributed by atoms with van der Waals surface area (Å²) >= 11 is 24.4. The Morgan fingerprint density at radius 1 is 1.08 bits per heavy atom. The van der Waals surface area contributed by atoms with Crippen LogP contribution in [0.15, 0.2) is 22.4 Å². The molecule has 0 N–H and O–H groups in total. The predicted molar refractivity (Wildman–Crippen MR) is 101 cm³/mol. The number of hydrogen-bond donors (Lipinski definition) is 0. The molecule has 0 aromatic heterocycles. The number of nitrogens with zero attached hydrogens (tertiary/aromatic N) is 2. The minimum absolute atomic E-state index is 0.166. The highest BCUT2D eigenvalue weighted by Gasteiger charge is 2.38. The lowest BCUT2D eigenvalue weighted by Gasteiger charge is -2.22. The Kier molecular flexibility index (Phi) is 7.36. The number of aryl methyl sites for hydroxylation is 1. The molecule has 1 aliphatic carbocycles. The molecule has 0 atom stereocenters. The number of halogens is 4. The fraction of sp³-hybridized carbons (Fsp3) is 0.588. The average Bonchev–Trinajstić information content (AvgIpc) is 2.45. The molecule has 0 saturated heterocycles. The zero-order valence-electron chi connectivity index (χ0n) is 13.5. The summed E-state index contributed by atoms with van der Waals surface area (Å²) in [6, 6.07) is 3.27. The predicted octanol–water partition coefficient (Wildman–Crippen LogP) is 7.45. The van der Waals surface area contributed by atoms with Gasteiger partial charge in [-0.3, -0.25) is 4.79 Å². The van der Waals surface area contributed by atoms with Gasteiger partial charge in [0.05, 0.1) is 5.02 Å². The molecule has 0 amide bonds. The van der Waals surface area contributed by atoms with Crippen molar-refractivity contribution in [3.63, 3.8) is 0 Å². The number of Topliss-reactive ketones (excluding diaryl/α,β-unsaturated/α-hetero) is 1. The van der Waals surface area contributed by atoms with E-state index in [0.29, 0.717) is 15.7 Å². The first-order valence-electron chi connectivity index (χ1n) is 8.12. The summed E-state index contributed by atoms with van der Waals surface area (Å²) in [6.07, 6.45) is 7.14. The Bertz CT molecular complexity index is 600. The van der Waals surface area contributed by atoms with Crippen molar-refractivity contribution in [3.8, 4) is 0 Å². The molecule has 1 aromatic rings. The van der Waals surface area contributed by atoms with Crippen molar-refractivity contribution in [3.05, 3.63) is 27.7 Å². The monoisotopic (exact) mass is 408 g/mol. The van der Waals surface area contributed by atoms with Crippen molar-refractivity contribution in [2.45, 2.75) is 56.3 Å². The molecule has 7 heteroatoms. The van der Waals surface area contributed by atoms with Gasteiger partial charge in [0.2, 0.25) is 0 Å². The first-order valence-corrected chi connectivity index (χ1v) is 9.63. The highest BCUT2D eigenvalue weighted by atomic mass is 35.5. The van der Waals surface area contributed by atoms with Gasteiger partial charge in [-0.25, -0.2) is 0 Å². The van der Waals surface area contributed by atoms with E-state index in [4.69, 9.17) is 46.4 Å². The molecule has 1 aromatic carbocycles. The van der Waals surface area contributed by atoms with Crippen LogP contribution in [0.3, 0.4) is 0 Å². The Balaban J connectivity index is 2.15. The highest BCUT2D eigenvalue weighted by Crippen LogP contribution is 2.37. The second-order valence-corrected chi connectivity index (χ2v) is 8.33. The third-order valence-corrected chi connectivity index (χ3v) is 5.30. The summed E-state index contributed by atoms with van der Waals surface area (Å²) in [7, 11) is 0. The number of carbonyl (C=O) groups is 1. The summed E-state index contributed by atoms with van der Waals surface area (Å²) in [5, 5.41) is 8.76. The summed E-state index contributed by atoms with van der Waals surface area (Å²) < 4.78 is -1.89. The Hall–Kier alpha value is -0.350. The van der Waals surface area contributed by atoms with Gasteiger partial charge < -0.3 is 0 Å². The molecule has 24 heavy (non-hydrogen) atoms. The normalized spacial score (nSPS) is 17.7. The average molecular weight is 410 g/mol. The van der Waals surface area contributed by atoms with Crippen LogP contribution in [-0.2, 0) is 4.79 Å². The lowest BCUT2D eigenvalue weighted by atomic mass is 9.88. The first kappa shape index (κ1) is 20.0. The second kappa shape index (κ2) is 8.84. The van der Waals surface area contributed by atoms with E-state index in [0.717, 1.165) is 44.1 Å². The van der Waals surface area contributed by atoms with Crippen molar-refractivity contribution in [1.82, 2.24) is 0 Å². The maximum Gasteiger partial charge on any atom is 0.286 e. The van der Waals surface area contributed by atoms with Gasteiger partial charge in [-0.2, -0.15) is 5.11 Å². The van der Waals surface area contributed by atoms with Gasteiger partial charge >= 0.3 is 0 Å². The van der Waals surface area contributed by atoms with Crippen molar-refractivity contribution >= 4 is 57.9 Å². The lowest BCUT2D eigenvalue weighted by molar-refractivity contribution is -0.124. The van der Waals surface area contributed by atoms with E-state index in [-0.39, 0.29) is 11.7 Å². The van der Waals surface area contributed by atoms with Crippen LogP contribution in [0.5, 0.6) is 0 Å². The molecule has 0 unspecified atom stereocenters. The van der Waals surface area contributed by atoms with E-state index < -0.39 is 4.46 Å². The van der Waals surface area contributed by atoms with Crippen LogP contribution >= 0.6 is 46.4 Å². The Morgan fingerprint density at radius 3 is 2.25 bits per heavy atom. The molecular weight excluding hydrogens is 390 g/mol. The van der Waals surface area contributed by atoms with Gasteiger partial charge in [-0.1, -0.05) is 78.5 Å². The van der Waals surface area contributed by atoms with Crippen molar-refractivity contribution < 1.29 is 4.79 Å². The van der Waals surface area contributed by atoms with Gasteiger partial charge in [0.15, 0.2) is 5.78 Å². The maximum atomic E-state index is 12.7. The van der Waals surface area contributed by atoms with Gasteiger partial charge in [-0.05, 0) is 37.5 Å². The molecule has 1 fully saturated rings. The van der Waals surface area contributed by atoms with Gasteiger partial charge in [0.1, 0.15) is 5.69 Å². The number of benzene rings is 1. The fourth-order valence-electron chi connectivity index (χ4n) is 2.95. The van der Waals surface area contributed by atoms with Crippen LogP contribution in [0, 0.1) is 12.8 Å². The maximum absolute atomic E-state index is 12.7. The topological polar surface area (TPSA) is 41.8 Å². The summed E-state index contributed by atoms with van der Waals surface area (Å²) in [5.41, 5.74) is 1.15. The van der Waals surface area contributed by atoms with Crippen molar-refractivity contribution in [2.24, 2.45) is 16.1 Å². The zero-order valence-corrected chi connectivity index (χ0v) is 16.5. The standard InChI is InChI=1S/C17H20Cl4N2O/c1-11-9-13(18)10-14(19)15(11)22-23-17(20,21)16(24)12-7-5-3-2-4-6-8-12/h9-10,12H,2-8H2,1H3/b23-22+. The number of rotatable bonds is 4. The minimum Gasteiger partial charge on any atom is -0.294 e.